The molecule has 21 heavy (non-hydrogen) atoms. The molecule has 0 N–H and O–H groups in total. The summed E-state index contributed by atoms with van der Waals surface area (Å²) in [4.78, 5) is 8.47. The second-order valence-electron chi connectivity index (χ2n) is 4.45. The minimum Gasteiger partial charge on any atom is -0.244 e. The number of nitrogens with zero attached hydrogens (tertiary/aromatic N) is 2. The Morgan fingerprint density at radius 1 is 0.714 bits per heavy atom. The second-order valence-corrected chi connectivity index (χ2v) is 5.76. The molecule has 5 heteroatoms. The Bertz CT molecular complexity index is 766. The van der Waals surface area contributed by atoms with Gasteiger partial charge in [0.25, 0.3) is 0 Å². The molecule has 0 aliphatic carbocycles. The van der Waals surface area contributed by atoms with Crippen LogP contribution < -0.4 is 0 Å². The molecule has 0 amide bonds. The summed E-state index contributed by atoms with van der Waals surface area (Å²) in [5.74, 6) is 0. The first-order valence-corrected chi connectivity index (χ1v) is 7.29. The van der Waals surface area contributed by atoms with Crippen LogP contribution in [0.25, 0.3) is 22.4 Å². The van der Waals surface area contributed by atoms with Crippen molar-refractivity contribution in [2.75, 3.05) is 0 Å². The van der Waals surface area contributed by atoms with Crippen LogP contribution in [0.15, 0.2) is 55.0 Å². The maximum atomic E-state index is 6.07. The molecule has 0 saturated carbocycles. The van der Waals surface area contributed by atoms with Crippen LogP contribution in [0.1, 0.15) is 0 Å². The molecule has 3 rings (SSSR count). The van der Waals surface area contributed by atoms with Crippen LogP contribution in [-0.2, 0) is 0 Å². The van der Waals surface area contributed by atoms with Crippen LogP contribution in [0.3, 0.4) is 0 Å². The summed E-state index contributed by atoms with van der Waals surface area (Å²) in [6.45, 7) is 0. The zero-order valence-electron chi connectivity index (χ0n) is 10.7. The van der Waals surface area contributed by atoms with Gasteiger partial charge in [0.2, 0.25) is 0 Å². The molecule has 0 saturated heterocycles. The van der Waals surface area contributed by atoms with Crippen LogP contribution >= 0.6 is 34.8 Å². The van der Waals surface area contributed by atoms with E-state index in [1.807, 2.05) is 36.4 Å². The van der Waals surface area contributed by atoms with Gasteiger partial charge in [-0.05, 0) is 35.9 Å². The van der Waals surface area contributed by atoms with Crippen molar-refractivity contribution in [3.63, 3.8) is 0 Å². The fourth-order valence-corrected chi connectivity index (χ4v) is 2.74. The number of rotatable bonds is 2. The molecule has 0 aliphatic rings. The van der Waals surface area contributed by atoms with Crippen molar-refractivity contribution in [1.82, 2.24) is 9.97 Å². The zero-order valence-corrected chi connectivity index (χ0v) is 13.0. The number of aromatic nitrogens is 2. The summed E-state index contributed by atoms with van der Waals surface area (Å²) in [5, 5.41) is 1.82. The predicted molar refractivity (Wildman–Crippen MR) is 87.9 cm³/mol. The third-order valence-corrected chi connectivity index (χ3v) is 3.69. The largest absolute Gasteiger partial charge is 0.244 e. The van der Waals surface area contributed by atoms with Crippen LogP contribution in [0, 0.1) is 0 Å². The Hall–Kier alpha value is -1.61. The lowest BCUT2D eigenvalue weighted by Gasteiger charge is -2.09. The normalized spacial score (nSPS) is 10.6. The Labute approximate surface area is 137 Å². The molecule has 3 aromatic rings. The number of hydrogen-bond acceptors (Lipinski definition) is 2. The first-order chi connectivity index (χ1) is 10.1. The molecule has 0 atom stereocenters. The monoisotopic (exact) mass is 334 g/mol. The average molecular weight is 336 g/mol. The predicted octanol–water partition coefficient (Wildman–Crippen LogP) is 5.77. The Morgan fingerprint density at radius 2 is 1.38 bits per heavy atom. The lowest BCUT2D eigenvalue weighted by atomic mass is 10.0. The zero-order chi connectivity index (χ0) is 14.8. The lowest BCUT2D eigenvalue weighted by Crippen LogP contribution is -1.91. The van der Waals surface area contributed by atoms with Crippen molar-refractivity contribution < 1.29 is 0 Å². The van der Waals surface area contributed by atoms with Gasteiger partial charge in [-0.15, -0.1) is 0 Å². The molecular formula is C16H9Cl3N2. The SMILES string of the molecule is Clc1ccc(-c2cncnc2-c2cc(Cl)cc(Cl)c2)cc1. The summed E-state index contributed by atoms with van der Waals surface area (Å²) in [7, 11) is 0. The van der Waals surface area contributed by atoms with Crippen molar-refractivity contribution in [2.24, 2.45) is 0 Å². The molecule has 2 nitrogen and oxygen atoms in total. The highest BCUT2D eigenvalue weighted by Crippen LogP contribution is 2.33. The number of benzene rings is 2. The lowest BCUT2D eigenvalue weighted by molar-refractivity contribution is 1.17. The van der Waals surface area contributed by atoms with Gasteiger partial charge in [-0.25, -0.2) is 9.97 Å². The quantitative estimate of drug-likeness (QED) is 0.594. The van der Waals surface area contributed by atoms with Crippen LogP contribution in [-0.4, -0.2) is 9.97 Å². The van der Waals surface area contributed by atoms with Crippen molar-refractivity contribution in [3.05, 3.63) is 70.1 Å². The van der Waals surface area contributed by atoms with Gasteiger partial charge < -0.3 is 0 Å². The van der Waals surface area contributed by atoms with E-state index in [1.54, 1.807) is 12.3 Å². The van der Waals surface area contributed by atoms with E-state index in [2.05, 4.69) is 9.97 Å². The highest BCUT2D eigenvalue weighted by atomic mass is 35.5. The van der Waals surface area contributed by atoms with Gasteiger partial charge in [-0.1, -0.05) is 46.9 Å². The standard InChI is InChI=1S/C16H9Cl3N2/c17-12-3-1-10(2-4-12)15-8-20-9-21-16(15)11-5-13(18)7-14(19)6-11/h1-9H. The Morgan fingerprint density at radius 3 is 2.05 bits per heavy atom. The molecule has 1 aromatic heterocycles. The molecule has 2 aromatic carbocycles. The maximum absolute atomic E-state index is 6.07. The van der Waals surface area contributed by atoms with Crippen molar-refractivity contribution in [1.29, 1.82) is 0 Å². The molecule has 104 valence electrons. The summed E-state index contributed by atoms with van der Waals surface area (Å²) in [6, 6.07) is 12.9. The van der Waals surface area contributed by atoms with Gasteiger partial charge in [-0.3, -0.25) is 0 Å². The summed E-state index contributed by atoms with van der Waals surface area (Å²) < 4.78 is 0. The summed E-state index contributed by atoms with van der Waals surface area (Å²) >= 11 is 18.1. The van der Waals surface area contributed by atoms with E-state index in [9.17, 15) is 0 Å². The van der Waals surface area contributed by atoms with E-state index < -0.39 is 0 Å². The van der Waals surface area contributed by atoms with E-state index >= 15 is 0 Å². The molecule has 0 unspecified atom stereocenters. The second kappa shape index (κ2) is 6.02. The van der Waals surface area contributed by atoms with Crippen LogP contribution in [0.2, 0.25) is 15.1 Å². The van der Waals surface area contributed by atoms with E-state index in [-0.39, 0.29) is 0 Å². The van der Waals surface area contributed by atoms with E-state index in [0.717, 1.165) is 22.4 Å². The smallest absolute Gasteiger partial charge is 0.116 e. The number of hydrogen-bond donors (Lipinski definition) is 0. The highest BCUT2D eigenvalue weighted by Gasteiger charge is 2.10. The molecule has 0 aliphatic heterocycles. The molecule has 0 fully saturated rings. The summed E-state index contributed by atoms with van der Waals surface area (Å²) in [6.07, 6.45) is 3.27. The third-order valence-electron chi connectivity index (χ3n) is 3.00. The fourth-order valence-electron chi connectivity index (χ4n) is 2.09. The molecule has 1 heterocycles. The Balaban J connectivity index is 2.17. The van der Waals surface area contributed by atoms with Gasteiger partial charge >= 0.3 is 0 Å². The molecule has 0 radical (unpaired) electrons. The van der Waals surface area contributed by atoms with Gasteiger partial charge in [0.15, 0.2) is 0 Å². The van der Waals surface area contributed by atoms with Gasteiger partial charge in [-0.2, -0.15) is 0 Å². The summed E-state index contributed by atoms with van der Waals surface area (Å²) in [5.41, 5.74) is 3.50. The molecule has 0 bridgehead atoms. The molecule has 0 spiro atoms. The minimum absolute atomic E-state index is 0.568. The highest BCUT2D eigenvalue weighted by molar-refractivity contribution is 6.35. The van der Waals surface area contributed by atoms with Crippen molar-refractivity contribution in [2.45, 2.75) is 0 Å². The van der Waals surface area contributed by atoms with E-state index in [4.69, 9.17) is 34.8 Å². The average Bonchev–Trinajstić information content (AvgIpc) is 2.47. The van der Waals surface area contributed by atoms with Gasteiger partial charge in [0.1, 0.15) is 6.33 Å². The maximum Gasteiger partial charge on any atom is 0.116 e. The minimum atomic E-state index is 0.568. The van der Waals surface area contributed by atoms with Crippen LogP contribution in [0.5, 0.6) is 0 Å². The van der Waals surface area contributed by atoms with Gasteiger partial charge in [0.05, 0.1) is 5.69 Å². The number of halogens is 3. The Kier molecular flexibility index (Phi) is 4.11. The first kappa shape index (κ1) is 14.3. The van der Waals surface area contributed by atoms with Crippen molar-refractivity contribution in [3.8, 4) is 22.4 Å². The first-order valence-electron chi connectivity index (χ1n) is 6.16. The fraction of sp³-hybridized carbons (Fsp3) is 0. The topological polar surface area (TPSA) is 25.8 Å². The third kappa shape index (κ3) is 3.18. The molecular weight excluding hydrogens is 327 g/mol. The van der Waals surface area contributed by atoms with Crippen LogP contribution in [0.4, 0.5) is 0 Å². The van der Waals surface area contributed by atoms with E-state index in [1.165, 1.54) is 6.33 Å². The van der Waals surface area contributed by atoms with E-state index in [0.29, 0.717) is 15.1 Å². The van der Waals surface area contributed by atoms with Crippen molar-refractivity contribution >= 4 is 34.8 Å². The van der Waals surface area contributed by atoms with Gasteiger partial charge in [0, 0.05) is 32.4 Å².